The molecule has 0 saturated heterocycles. The number of rotatable bonds is 1. The van der Waals surface area contributed by atoms with Gasteiger partial charge in [-0.05, 0) is 17.9 Å². The minimum atomic E-state index is 0.115. The fourth-order valence-electron chi connectivity index (χ4n) is 2.59. The molecule has 1 aliphatic rings. The second-order valence-corrected chi connectivity index (χ2v) is 5.88. The molecule has 1 aromatic carbocycles. The van der Waals surface area contributed by atoms with Crippen molar-refractivity contribution in [2.45, 2.75) is 27.7 Å². The van der Waals surface area contributed by atoms with Crippen molar-refractivity contribution in [3.8, 4) is 0 Å². The van der Waals surface area contributed by atoms with Crippen molar-refractivity contribution in [2.75, 3.05) is 7.05 Å². The quantitative estimate of drug-likeness (QED) is 0.743. The fraction of sp³-hybridized carbons (Fsp3) is 0.467. The minimum Gasteiger partial charge on any atom is -0.188 e. The van der Waals surface area contributed by atoms with Crippen molar-refractivity contribution in [1.82, 2.24) is 5.12 Å². The predicted octanol–water partition coefficient (Wildman–Crippen LogP) is 3.37. The molecule has 1 unspecified atom stereocenters. The molecule has 2 rings (SSSR count). The Hall–Kier alpha value is -1.64. The van der Waals surface area contributed by atoms with Crippen LogP contribution in [0, 0.1) is 11.3 Å². The number of nitrogens with zero attached hydrogens (tertiary/aromatic N) is 3. The molecule has 0 aromatic heterocycles. The van der Waals surface area contributed by atoms with Gasteiger partial charge in [-0.1, -0.05) is 51.1 Å². The van der Waals surface area contributed by atoms with E-state index < -0.39 is 0 Å². The second-order valence-electron chi connectivity index (χ2n) is 5.88. The van der Waals surface area contributed by atoms with Crippen LogP contribution in [-0.4, -0.2) is 23.6 Å². The molecule has 3 heteroatoms. The van der Waals surface area contributed by atoms with Gasteiger partial charge < -0.3 is 0 Å². The number of benzene rings is 1. The fourth-order valence-corrected chi connectivity index (χ4v) is 2.59. The van der Waals surface area contributed by atoms with Gasteiger partial charge in [0.05, 0.1) is 5.71 Å². The molecular formula is C15H21N3. The zero-order chi connectivity index (χ0) is 13.3. The first-order chi connectivity index (χ1) is 8.39. The predicted molar refractivity (Wildman–Crippen MR) is 76.8 cm³/mol. The van der Waals surface area contributed by atoms with Gasteiger partial charge >= 0.3 is 0 Å². The highest BCUT2D eigenvalue weighted by Crippen LogP contribution is 2.33. The summed E-state index contributed by atoms with van der Waals surface area (Å²) in [4.78, 5) is 0. The lowest BCUT2D eigenvalue weighted by molar-refractivity contribution is 0.321. The van der Waals surface area contributed by atoms with E-state index in [1.807, 2.05) is 13.1 Å². The first kappa shape index (κ1) is 12.8. The molecule has 0 N–H and O–H groups in total. The molecule has 96 valence electrons. The van der Waals surface area contributed by atoms with Gasteiger partial charge in [0.25, 0.3) is 0 Å². The lowest BCUT2D eigenvalue weighted by Gasteiger charge is -2.35. The Balaban J connectivity index is 2.49. The minimum absolute atomic E-state index is 0.115. The largest absolute Gasteiger partial charge is 0.188 e. The van der Waals surface area contributed by atoms with Crippen LogP contribution in [0.2, 0.25) is 0 Å². The highest BCUT2D eigenvalue weighted by Gasteiger charge is 2.35. The van der Waals surface area contributed by atoms with Gasteiger partial charge in [-0.15, -0.1) is 0 Å². The van der Waals surface area contributed by atoms with E-state index in [0.717, 1.165) is 11.4 Å². The summed E-state index contributed by atoms with van der Waals surface area (Å²) in [6.07, 6.45) is 0. The molecular weight excluding hydrogens is 222 g/mol. The average Bonchev–Trinajstić information content (AvgIpc) is 2.27. The summed E-state index contributed by atoms with van der Waals surface area (Å²) in [7, 11) is 1.88. The Morgan fingerprint density at radius 1 is 1.06 bits per heavy atom. The molecule has 18 heavy (non-hydrogen) atoms. The maximum atomic E-state index is 4.61. The van der Waals surface area contributed by atoms with Crippen molar-refractivity contribution < 1.29 is 0 Å². The maximum Gasteiger partial charge on any atom is 0.0791 e. The van der Waals surface area contributed by atoms with Crippen molar-refractivity contribution in [1.29, 1.82) is 0 Å². The van der Waals surface area contributed by atoms with Gasteiger partial charge in [0.15, 0.2) is 0 Å². The second kappa shape index (κ2) is 4.56. The van der Waals surface area contributed by atoms with Gasteiger partial charge in [0, 0.05) is 18.7 Å². The van der Waals surface area contributed by atoms with Gasteiger partial charge in [0.2, 0.25) is 0 Å². The van der Waals surface area contributed by atoms with Crippen molar-refractivity contribution in [3.63, 3.8) is 0 Å². The van der Waals surface area contributed by atoms with E-state index >= 15 is 0 Å². The van der Waals surface area contributed by atoms with Crippen LogP contribution in [0.4, 0.5) is 0 Å². The third kappa shape index (κ3) is 2.45. The maximum absolute atomic E-state index is 4.61. The molecule has 0 aliphatic carbocycles. The van der Waals surface area contributed by atoms with E-state index in [9.17, 15) is 0 Å². The topological polar surface area (TPSA) is 28.0 Å². The molecule has 3 nitrogen and oxygen atoms in total. The number of hydrazone groups is 2. The van der Waals surface area contributed by atoms with E-state index in [1.54, 1.807) is 5.12 Å². The molecule has 1 atom stereocenters. The van der Waals surface area contributed by atoms with Crippen molar-refractivity contribution in [2.24, 2.45) is 21.5 Å². The van der Waals surface area contributed by atoms with Gasteiger partial charge in [-0.2, -0.15) is 15.3 Å². The smallest absolute Gasteiger partial charge is 0.0791 e. The van der Waals surface area contributed by atoms with Gasteiger partial charge in [0.1, 0.15) is 0 Å². The third-order valence-electron chi connectivity index (χ3n) is 3.18. The van der Waals surface area contributed by atoms with Crippen LogP contribution >= 0.6 is 0 Å². The van der Waals surface area contributed by atoms with Crippen molar-refractivity contribution >= 4 is 11.4 Å². The van der Waals surface area contributed by atoms with Crippen LogP contribution in [0.3, 0.4) is 0 Å². The molecule has 1 aliphatic heterocycles. The molecule has 0 radical (unpaired) electrons. The molecule has 0 spiro atoms. The lowest BCUT2D eigenvalue weighted by Crippen LogP contribution is -2.39. The van der Waals surface area contributed by atoms with E-state index in [4.69, 9.17) is 0 Å². The molecule has 1 aromatic rings. The SMILES string of the molecule is CC1=NN(C)N=C(c2ccccc2)C1C(C)(C)C. The highest BCUT2D eigenvalue weighted by atomic mass is 15.7. The van der Waals surface area contributed by atoms with E-state index in [-0.39, 0.29) is 11.3 Å². The van der Waals surface area contributed by atoms with Crippen LogP contribution in [0.15, 0.2) is 40.5 Å². The Kier molecular flexibility index (Phi) is 3.24. The van der Waals surface area contributed by atoms with E-state index in [2.05, 4.69) is 62.2 Å². The Labute approximate surface area is 109 Å². The van der Waals surface area contributed by atoms with Crippen molar-refractivity contribution in [3.05, 3.63) is 35.9 Å². The normalized spacial score (nSPS) is 20.5. The summed E-state index contributed by atoms with van der Waals surface area (Å²) in [6.45, 7) is 8.80. The lowest BCUT2D eigenvalue weighted by atomic mass is 9.73. The summed E-state index contributed by atoms with van der Waals surface area (Å²) in [6, 6.07) is 10.4. The Morgan fingerprint density at radius 3 is 2.22 bits per heavy atom. The molecule has 0 amide bonds. The van der Waals surface area contributed by atoms with Crippen LogP contribution in [0.25, 0.3) is 0 Å². The van der Waals surface area contributed by atoms with Crippen LogP contribution in [0.5, 0.6) is 0 Å². The summed E-state index contributed by atoms with van der Waals surface area (Å²) in [5.41, 5.74) is 3.53. The van der Waals surface area contributed by atoms with Gasteiger partial charge in [-0.3, -0.25) is 0 Å². The average molecular weight is 243 g/mol. The zero-order valence-electron chi connectivity index (χ0n) is 11.8. The number of hydrogen-bond acceptors (Lipinski definition) is 3. The summed E-state index contributed by atoms with van der Waals surface area (Å²) in [5, 5.41) is 10.7. The van der Waals surface area contributed by atoms with E-state index in [0.29, 0.717) is 0 Å². The van der Waals surface area contributed by atoms with E-state index in [1.165, 1.54) is 5.56 Å². The summed E-state index contributed by atoms with van der Waals surface area (Å²) >= 11 is 0. The molecule has 0 saturated carbocycles. The molecule has 0 bridgehead atoms. The summed E-state index contributed by atoms with van der Waals surface area (Å²) in [5.74, 6) is 0.260. The zero-order valence-corrected chi connectivity index (χ0v) is 11.8. The third-order valence-corrected chi connectivity index (χ3v) is 3.18. The van der Waals surface area contributed by atoms with Gasteiger partial charge in [-0.25, -0.2) is 0 Å². The molecule has 0 fully saturated rings. The first-order valence-electron chi connectivity index (χ1n) is 6.32. The highest BCUT2D eigenvalue weighted by molar-refractivity contribution is 6.15. The van der Waals surface area contributed by atoms with Crippen LogP contribution < -0.4 is 0 Å². The molecule has 1 heterocycles. The number of hydrogen-bond donors (Lipinski definition) is 0. The Bertz CT molecular complexity index is 480. The Morgan fingerprint density at radius 2 is 1.67 bits per heavy atom. The first-order valence-corrected chi connectivity index (χ1v) is 6.32. The standard InChI is InChI=1S/C15H21N3/c1-11-13(15(2,3)4)14(17-18(5)16-11)12-9-7-6-8-10-12/h6-10,13H,1-5H3. The summed E-state index contributed by atoms with van der Waals surface area (Å²) < 4.78 is 0. The van der Waals surface area contributed by atoms with Crippen LogP contribution in [-0.2, 0) is 0 Å². The monoisotopic (exact) mass is 243 g/mol. The van der Waals surface area contributed by atoms with Crippen LogP contribution in [0.1, 0.15) is 33.3 Å².